The maximum absolute atomic E-state index is 12.6. The molecule has 0 aliphatic carbocycles. The molecule has 0 heterocycles. The quantitative estimate of drug-likeness (QED) is 0.872. The SMILES string of the molecule is COC(=O)c1ccc(NS(=O)(=O)c2c(C)cc(C)cc2C)cc1. The van der Waals surface area contributed by atoms with E-state index >= 15 is 0 Å². The first-order chi connectivity index (χ1) is 10.7. The molecule has 0 bridgehead atoms. The van der Waals surface area contributed by atoms with Crippen LogP contribution < -0.4 is 4.72 Å². The maximum Gasteiger partial charge on any atom is 0.337 e. The van der Waals surface area contributed by atoms with Crippen molar-refractivity contribution in [2.24, 2.45) is 0 Å². The molecular weight excluding hydrogens is 314 g/mol. The predicted molar refractivity (Wildman–Crippen MR) is 89.2 cm³/mol. The Morgan fingerprint density at radius 3 is 2.00 bits per heavy atom. The number of carbonyl (C=O) groups is 1. The van der Waals surface area contributed by atoms with Gasteiger partial charge in [0.25, 0.3) is 10.0 Å². The number of anilines is 1. The lowest BCUT2D eigenvalue weighted by molar-refractivity contribution is 0.0601. The van der Waals surface area contributed by atoms with Crippen molar-refractivity contribution in [1.29, 1.82) is 0 Å². The van der Waals surface area contributed by atoms with Gasteiger partial charge in [-0.05, 0) is 56.2 Å². The van der Waals surface area contributed by atoms with Gasteiger partial charge >= 0.3 is 5.97 Å². The van der Waals surface area contributed by atoms with E-state index in [9.17, 15) is 13.2 Å². The van der Waals surface area contributed by atoms with Crippen molar-refractivity contribution in [2.45, 2.75) is 25.7 Å². The number of benzene rings is 2. The minimum Gasteiger partial charge on any atom is -0.465 e. The van der Waals surface area contributed by atoms with Gasteiger partial charge in [0.05, 0.1) is 17.6 Å². The highest BCUT2D eigenvalue weighted by molar-refractivity contribution is 7.92. The van der Waals surface area contributed by atoms with Crippen LogP contribution in [0.25, 0.3) is 0 Å². The molecule has 6 heteroatoms. The van der Waals surface area contributed by atoms with Crippen molar-refractivity contribution in [1.82, 2.24) is 0 Å². The molecule has 0 saturated carbocycles. The van der Waals surface area contributed by atoms with Crippen molar-refractivity contribution in [3.05, 3.63) is 58.7 Å². The Bertz CT molecular complexity index is 816. The molecule has 2 aromatic carbocycles. The van der Waals surface area contributed by atoms with E-state index < -0.39 is 16.0 Å². The molecule has 0 unspecified atom stereocenters. The molecule has 0 amide bonds. The van der Waals surface area contributed by atoms with Crippen LogP contribution in [-0.2, 0) is 14.8 Å². The number of ether oxygens (including phenoxy) is 1. The third-order valence-electron chi connectivity index (χ3n) is 3.43. The summed E-state index contributed by atoms with van der Waals surface area (Å²) < 4.78 is 32.4. The van der Waals surface area contributed by atoms with Crippen LogP contribution in [0.15, 0.2) is 41.3 Å². The Balaban J connectivity index is 2.34. The fourth-order valence-electron chi connectivity index (χ4n) is 2.59. The molecular formula is C17H19NO4S. The number of hydrogen-bond acceptors (Lipinski definition) is 4. The zero-order valence-corrected chi connectivity index (χ0v) is 14.3. The number of hydrogen-bond donors (Lipinski definition) is 1. The van der Waals surface area contributed by atoms with Crippen LogP contribution in [0.4, 0.5) is 5.69 Å². The molecule has 2 aromatic rings. The summed E-state index contributed by atoms with van der Waals surface area (Å²) in [6.07, 6.45) is 0. The Morgan fingerprint density at radius 2 is 1.52 bits per heavy atom. The molecule has 0 aromatic heterocycles. The Hall–Kier alpha value is -2.34. The van der Waals surface area contributed by atoms with E-state index in [0.717, 1.165) is 5.56 Å². The summed E-state index contributed by atoms with van der Waals surface area (Å²) in [6, 6.07) is 9.76. The molecule has 0 radical (unpaired) electrons. The molecule has 0 aliphatic heterocycles. The van der Waals surface area contributed by atoms with Crippen LogP contribution in [0.3, 0.4) is 0 Å². The first-order valence-corrected chi connectivity index (χ1v) is 8.52. The van der Waals surface area contributed by atoms with Crippen molar-refractivity contribution in [3.63, 3.8) is 0 Å². The van der Waals surface area contributed by atoms with Crippen molar-refractivity contribution >= 4 is 21.7 Å². The van der Waals surface area contributed by atoms with E-state index in [1.807, 2.05) is 19.1 Å². The fraction of sp³-hybridized carbons (Fsp3) is 0.235. The number of sulfonamides is 1. The van der Waals surface area contributed by atoms with E-state index in [1.54, 1.807) is 13.8 Å². The first-order valence-electron chi connectivity index (χ1n) is 7.03. The number of esters is 1. The highest BCUT2D eigenvalue weighted by Gasteiger charge is 2.20. The molecule has 0 atom stereocenters. The van der Waals surface area contributed by atoms with Gasteiger partial charge in [-0.1, -0.05) is 17.7 Å². The van der Waals surface area contributed by atoms with Gasteiger partial charge in [-0.2, -0.15) is 0 Å². The molecule has 23 heavy (non-hydrogen) atoms. The first kappa shape index (κ1) is 17.0. The molecule has 0 fully saturated rings. The third-order valence-corrected chi connectivity index (χ3v) is 5.12. The van der Waals surface area contributed by atoms with Crippen LogP contribution in [0.1, 0.15) is 27.0 Å². The van der Waals surface area contributed by atoms with Gasteiger partial charge in [0.15, 0.2) is 0 Å². The van der Waals surface area contributed by atoms with Crippen LogP contribution >= 0.6 is 0 Å². The monoisotopic (exact) mass is 333 g/mol. The second-order valence-corrected chi connectivity index (χ2v) is 7.02. The zero-order valence-electron chi connectivity index (χ0n) is 13.5. The van der Waals surface area contributed by atoms with Gasteiger partial charge in [0, 0.05) is 5.69 Å². The zero-order chi connectivity index (χ0) is 17.2. The number of carbonyl (C=O) groups excluding carboxylic acids is 1. The van der Waals surface area contributed by atoms with Crippen molar-refractivity contribution in [3.8, 4) is 0 Å². The second kappa shape index (κ2) is 6.42. The summed E-state index contributed by atoms with van der Waals surface area (Å²) in [5, 5.41) is 0. The molecule has 5 nitrogen and oxygen atoms in total. The molecule has 122 valence electrons. The van der Waals surface area contributed by atoms with Gasteiger partial charge in [0.1, 0.15) is 0 Å². The van der Waals surface area contributed by atoms with E-state index in [1.165, 1.54) is 31.4 Å². The van der Waals surface area contributed by atoms with E-state index in [0.29, 0.717) is 22.4 Å². The van der Waals surface area contributed by atoms with E-state index in [-0.39, 0.29) is 4.90 Å². The summed E-state index contributed by atoms with van der Waals surface area (Å²) in [6.45, 7) is 5.47. The standard InChI is InChI=1S/C17H19NO4S/c1-11-9-12(2)16(13(3)10-11)23(20,21)18-15-7-5-14(6-8-15)17(19)22-4/h5-10,18H,1-4H3. The average molecular weight is 333 g/mol. The van der Waals surface area contributed by atoms with Crippen LogP contribution in [0.5, 0.6) is 0 Å². The molecule has 1 N–H and O–H groups in total. The highest BCUT2D eigenvalue weighted by atomic mass is 32.2. The van der Waals surface area contributed by atoms with Gasteiger partial charge in [-0.25, -0.2) is 13.2 Å². The minimum atomic E-state index is -3.70. The van der Waals surface area contributed by atoms with Crippen LogP contribution in [0.2, 0.25) is 0 Å². The van der Waals surface area contributed by atoms with Crippen LogP contribution in [-0.4, -0.2) is 21.5 Å². The summed E-state index contributed by atoms with van der Waals surface area (Å²) in [5.74, 6) is -0.468. The van der Waals surface area contributed by atoms with Crippen LogP contribution in [0, 0.1) is 20.8 Å². The Morgan fingerprint density at radius 1 is 1.00 bits per heavy atom. The van der Waals surface area contributed by atoms with Gasteiger partial charge < -0.3 is 4.74 Å². The van der Waals surface area contributed by atoms with Crippen molar-refractivity contribution in [2.75, 3.05) is 11.8 Å². The topological polar surface area (TPSA) is 72.5 Å². The van der Waals surface area contributed by atoms with Gasteiger partial charge in [-0.3, -0.25) is 4.72 Å². The number of nitrogens with one attached hydrogen (secondary N) is 1. The smallest absolute Gasteiger partial charge is 0.337 e. The molecule has 0 saturated heterocycles. The summed E-state index contributed by atoms with van der Waals surface area (Å²) in [5.41, 5.74) is 3.15. The van der Waals surface area contributed by atoms with Gasteiger partial charge in [-0.15, -0.1) is 0 Å². The van der Waals surface area contributed by atoms with E-state index in [4.69, 9.17) is 0 Å². The lowest BCUT2D eigenvalue weighted by Crippen LogP contribution is -2.16. The number of rotatable bonds is 4. The Kier molecular flexibility index (Phi) is 4.75. The third kappa shape index (κ3) is 3.71. The normalized spacial score (nSPS) is 11.1. The fourth-order valence-corrected chi connectivity index (χ4v) is 4.10. The second-order valence-electron chi connectivity index (χ2n) is 5.40. The van der Waals surface area contributed by atoms with Gasteiger partial charge in [0.2, 0.25) is 0 Å². The lowest BCUT2D eigenvalue weighted by atomic mass is 10.1. The molecule has 0 spiro atoms. The predicted octanol–water partition coefficient (Wildman–Crippen LogP) is 3.20. The highest BCUT2D eigenvalue weighted by Crippen LogP contribution is 2.24. The molecule has 2 rings (SSSR count). The average Bonchev–Trinajstić information content (AvgIpc) is 2.45. The Labute approximate surface area is 136 Å². The lowest BCUT2D eigenvalue weighted by Gasteiger charge is -2.14. The summed E-state index contributed by atoms with van der Waals surface area (Å²) in [4.78, 5) is 11.7. The largest absolute Gasteiger partial charge is 0.465 e. The maximum atomic E-state index is 12.6. The molecule has 0 aliphatic rings. The number of aryl methyl sites for hydroxylation is 3. The van der Waals surface area contributed by atoms with E-state index in [2.05, 4.69) is 9.46 Å². The van der Waals surface area contributed by atoms with Crippen molar-refractivity contribution < 1.29 is 17.9 Å². The number of methoxy groups -OCH3 is 1. The summed E-state index contributed by atoms with van der Waals surface area (Å²) >= 11 is 0. The minimum absolute atomic E-state index is 0.278. The summed E-state index contributed by atoms with van der Waals surface area (Å²) in [7, 11) is -2.40.